The second-order valence-electron chi connectivity index (χ2n) is 4.44. The molecular formula is C12H13NO4. The lowest BCUT2D eigenvalue weighted by molar-refractivity contribution is -0.142. The highest BCUT2D eigenvalue weighted by Gasteiger charge is 2.28. The maximum atomic E-state index is 11.2. The number of fused-ring (bicyclic) bond motifs is 1. The van der Waals surface area contributed by atoms with Crippen molar-refractivity contribution in [2.45, 2.75) is 25.4 Å². The summed E-state index contributed by atoms with van der Waals surface area (Å²) < 4.78 is 0. The number of carboxylic acid groups (broad SMARTS) is 1. The molecule has 0 fully saturated rings. The number of nitrogens with one attached hydrogen (secondary N) is 1. The van der Waals surface area contributed by atoms with Crippen LogP contribution in [-0.2, 0) is 21.6 Å². The third kappa shape index (κ3) is 2.29. The molecule has 5 nitrogen and oxygen atoms in total. The number of carbonyl (C=O) groups is 2. The van der Waals surface area contributed by atoms with E-state index in [4.69, 9.17) is 5.11 Å². The lowest BCUT2D eigenvalue weighted by Crippen LogP contribution is -2.25. The van der Waals surface area contributed by atoms with E-state index in [9.17, 15) is 14.7 Å². The molecule has 3 N–H and O–H groups in total. The number of hydrogen-bond acceptors (Lipinski definition) is 3. The molecule has 2 rings (SSSR count). The molecule has 1 amide bonds. The van der Waals surface area contributed by atoms with Crippen molar-refractivity contribution in [3.8, 4) is 0 Å². The molecule has 5 heteroatoms. The van der Waals surface area contributed by atoms with Crippen LogP contribution in [0.25, 0.3) is 0 Å². The highest BCUT2D eigenvalue weighted by Crippen LogP contribution is 2.30. The highest BCUT2D eigenvalue weighted by atomic mass is 16.4. The maximum Gasteiger partial charge on any atom is 0.306 e. The third-order valence-electron chi connectivity index (χ3n) is 2.85. The van der Waals surface area contributed by atoms with Crippen molar-refractivity contribution in [1.29, 1.82) is 0 Å². The lowest BCUT2D eigenvalue weighted by atomic mass is 9.91. The first kappa shape index (κ1) is 11.6. The van der Waals surface area contributed by atoms with Gasteiger partial charge in [-0.3, -0.25) is 9.59 Å². The van der Waals surface area contributed by atoms with E-state index in [1.54, 1.807) is 18.2 Å². The van der Waals surface area contributed by atoms with Gasteiger partial charge < -0.3 is 15.5 Å². The SMILES string of the molecule is CC(O)(CC(=O)O)c1ccc2c(c1)CC(=O)N2. The summed E-state index contributed by atoms with van der Waals surface area (Å²) >= 11 is 0. The molecule has 0 aliphatic carbocycles. The van der Waals surface area contributed by atoms with Crippen LogP contribution in [0.3, 0.4) is 0 Å². The Morgan fingerprint density at radius 3 is 2.88 bits per heavy atom. The van der Waals surface area contributed by atoms with Gasteiger partial charge in [0.25, 0.3) is 0 Å². The van der Waals surface area contributed by atoms with Crippen LogP contribution in [0.1, 0.15) is 24.5 Å². The topological polar surface area (TPSA) is 86.6 Å². The van der Waals surface area contributed by atoms with Gasteiger partial charge in [0.1, 0.15) is 0 Å². The fourth-order valence-corrected chi connectivity index (χ4v) is 1.96. The van der Waals surface area contributed by atoms with E-state index < -0.39 is 11.6 Å². The average molecular weight is 235 g/mol. The van der Waals surface area contributed by atoms with E-state index in [0.717, 1.165) is 11.3 Å². The molecule has 90 valence electrons. The van der Waals surface area contributed by atoms with Crippen LogP contribution >= 0.6 is 0 Å². The van der Waals surface area contributed by atoms with E-state index >= 15 is 0 Å². The van der Waals surface area contributed by atoms with Crippen LogP contribution in [0.5, 0.6) is 0 Å². The molecule has 0 saturated carbocycles. The van der Waals surface area contributed by atoms with Gasteiger partial charge in [-0.15, -0.1) is 0 Å². The monoisotopic (exact) mass is 235 g/mol. The molecule has 1 aliphatic heterocycles. The number of amides is 1. The van der Waals surface area contributed by atoms with Gasteiger partial charge in [0.2, 0.25) is 5.91 Å². The number of benzene rings is 1. The first-order valence-electron chi connectivity index (χ1n) is 5.26. The molecule has 1 aromatic carbocycles. The predicted molar refractivity (Wildman–Crippen MR) is 60.6 cm³/mol. The Morgan fingerprint density at radius 2 is 2.24 bits per heavy atom. The van der Waals surface area contributed by atoms with Crippen molar-refractivity contribution in [1.82, 2.24) is 0 Å². The molecule has 1 heterocycles. The van der Waals surface area contributed by atoms with Crippen molar-refractivity contribution in [3.05, 3.63) is 29.3 Å². The van der Waals surface area contributed by atoms with Crippen LogP contribution < -0.4 is 5.32 Å². The average Bonchev–Trinajstić information content (AvgIpc) is 2.54. The Balaban J connectivity index is 2.32. The van der Waals surface area contributed by atoms with E-state index in [-0.39, 0.29) is 18.7 Å². The standard InChI is InChI=1S/C12H13NO4/c1-12(17,6-11(15)16)8-2-3-9-7(4-8)5-10(14)13-9/h2-4,17H,5-6H2,1H3,(H,13,14)(H,15,16). The number of anilines is 1. The van der Waals surface area contributed by atoms with Crippen LogP contribution in [-0.4, -0.2) is 22.1 Å². The summed E-state index contributed by atoms with van der Waals surface area (Å²) in [6.45, 7) is 1.45. The summed E-state index contributed by atoms with van der Waals surface area (Å²) in [7, 11) is 0. The summed E-state index contributed by atoms with van der Waals surface area (Å²) in [5.74, 6) is -1.15. The largest absolute Gasteiger partial charge is 0.481 e. The van der Waals surface area contributed by atoms with E-state index in [1.165, 1.54) is 6.92 Å². The smallest absolute Gasteiger partial charge is 0.306 e. The lowest BCUT2D eigenvalue weighted by Gasteiger charge is -2.22. The van der Waals surface area contributed by atoms with E-state index in [2.05, 4.69) is 5.32 Å². The van der Waals surface area contributed by atoms with Crippen LogP contribution in [0, 0.1) is 0 Å². The van der Waals surface area contributed by atoms with Crippen LogP contribution in [0.15, 0.2) is 18.2 Å². The second kappa shape index (κ2) is 3.85. The maximum absolute atomic E-state index is 11.2. The minimum atomic E-state index is -1.42. The Hall–Kier alpha value is -1.88. The molecule has 17 heavy (non-hydrogen) atoms. The van der Waals surface area contributed by atoms with E-state index in [0.29, 0.717) is 5.56 Å². The van der Waals surface area contributed by atoms with Gasteiger partial charge in [-0.25, -0.2) is 0 Å². The Morgan fingerprint density at radius 1 is 1.53 bits per heavy atom. The fraction of sp³-hybridized carbons (Fsp3) is 0.333. The summed E-state index contributed by atoms with van der Waals surface area (Å²) in [5, 5.41) is 21.5. The Labute approximate surface area is 98.1 Å². The zero-order chi connectivity index (χ0) is 12.6. The second-order valence-corrected chi connectivity index (χ2v) is 4.44. The zero-order valence-electron chi connectivity index (χ0n) is 9.36. The molecule has 1 aromatic rings. The summed E-state index contributed by atoms with van der Waals surface area (Å²) in [4.78, 5) is 21.8. The number of carbonyl (C=O) groups excluding carboxylic acids is 1. The van der Waals surface area contributed by atoms with Crippen LogP contribution in [0.4, 0.5) is 5.69 Å². The highest BCUT2D eigenvalue weighted by molar-refractivity contribution is 5.99. The summed E-state index contributed by atoms with van der Waals surface area (Å²) in [6.07, 6.45) is -0.0977. The molecule has 1 atom stereocenters. The molecular weight excluding hydrogens is 222 g/mol. The fourth-order valence-electron chi connectivity index (χ4n) is 1.96. The normalized spacial score (nSPS) is 17.2. The summed E-state index contributed by atoms with van der Waals surface area (Å²) in [6, 6.07) is 5.00. The number of rotatable bonds is 3. The predicted octanol–water partition coefficient (Wildman–Crippen LogP) is 0.863. The quantitative estimate of drug-likeness (QED) is 0.725. The van der Waals surface area contributed by atoms with Crippen molar-refractivity contribution in [3.63, 3.8) is 0 Å². The number of hydrogen-bond donors (Lipinski definition) is 3. The Kier molecular flexibility index (Phi) is 2.63. The van der Waals surface area contributed by atoms with Gasteiger partial charge in [0.15, 0.2) is 0 Å². The minimum Gasteiger partial charge on any atom is -0.481 e. The zero-order valence-corrected chi connectivity index (χ0v) is 9.36. The molecule has 0 radical (unpaired) electrons. The first-order valence-corrected chi connectivity index (χ1v) is 5.26. The van der Waals surface area contributed by atoms with Gasteiger partial charge in [0.05, 0.1) is 18.4 Å². The molecule has 1 unspecified atom stereocenters. The van der Waals surface area contributed by atoms with Crippen molar-refractivity contribution < 1.29 is 19.8 Å². The van der Waals surface area contributed by atoms with Crippen molar-refractivity contribution >= 4 is 17.6 Å². The Bertz CT molecular complexity index is 493. The number of aliphatic hydroxyl groups is 1. The number of carboxylic acids is 1. The molecule has 0 saturated heterocycles. The summed E-state index contributed by atoms with van der Waals surface area (Å²) in [5.41, 5.74) is 0.602. The first-order chi connectivity index (χ1) is 7.88. The minimum absolute atomic E-state index is 0.0879. The van der Waals surface area contributed by atoms with Gasteiger partial charge in [-0.2, -0.15) is 0 Å². The van der Waals surface area contributed by atoms with Gasteiger partial charge >= 0.3 is 5.97 Å². The number of aliphatic carboxylic acids is 1. The molecule has 0 bridgehead atoms. The van der Waals surface area contributed by atoms with Crippen molar-refractivity contribution in [2.75, 3.05) is 5.32 Å². The van der Waals surface area contributed by atoms with Crippen molar-refractivity contribution in [2.24, 2.45) is 0 Å². The molecule has 0 aromatic heterocycles. The van der Waals surface area contributed by atoms with Gasteiger partial charge in [0, 0.05) is 5.69 Å². The molecule has 0 spiro atoms. The van der Waals surface area contributed by atoms with E-state index in [1.807, 2.05) is 0 Å². The third-order valence-corrected chi connectivity index (χ3v) is 2.85. The van der Waals surface area contributed by atoms with Gasteiger partial charge in [-0.05, 0) is 24.1 Å². The van der Waals surface area contributed by atoms with Gasteiger partial charge in [-0.1, -0.05) is 12.1 Å². The van der Waals surface area contributed by atoms with Crippen LogP contribution in [0.2, 0.25) is 0 Å². The molecule has 1 aliphatic rings.